The van der Waals surface area contributed by atoms with E-state index in [2.05, 4.69) is 44.3 Å². The second-order valence-electron chi connectivity index (χ2n) is 5.99. The van der Waals surface area contributed by atoms with E-state index in [1.165, 1.54) is 24.9 Å². The first-order chi connectivity index (χ1) is 9.19. The van der Waals surface area contributed by atoms with Gasteiger partial charge in [-0.1, -0.05) is 26.8 Å². The summed E-state index contributed by atoms with van der Waals surface area (Å²) in [6.07, 6.45) is 4.95. The minimum Gasteiger partial charge on any atom is -0.494 e. The molecule has 0 saturated heterocycles. The van der Waals surface area contributed by atoms with Gasteiger partial charge in [0.2, 0.25) is 0 Å². The van der Waals surface area contributed by atoms with Crippen molar-refractivity contribution in [3.05, 3.63) is 24.3 Å². The zero-order valence-corrected chi connectivity index (χ0v) is 12.5. The molecule has 1 aromatic carbocycles. The number of nitrogens with one attached hydrogen (secondary N) is 1. The molecule has 0 bridgehead atoms. The van der Waals surface area contributed by atoms with Crippen molar-refractivity contribution in [2.75, 3.05) is 11.9 Å². The minimum absolute atomic E-state index is 0.618. The SMILES string of the molecule is CCCOc1cccc(NC2CCC(C)C(C)C2)c1. The summed E-state index contributed by atoms with van der Waals surface area (Å²) in [5, 5.41) is 3.67. The van der Waals surface area contributed by atoms with Crippen molar-refractivity contribution >= 4 is 5.69 Å². The lowest BCUT2D eigenvalue weighted by Gasteiger charge is -2.33. The normalized spacial score (nSPS) is 27.0. The summed E-state index contributed by atoms with van der Waals surface area (Å²) >= 11 is 0. The molecule has 0 heterocycles. The molecule has 0 radical (unpaired) electrons. The van der Waals surface area contributed by atoms with Crippen LogP contribution in [-0.2, 0) is 0 Å². The van der Waals surface area contributed by atoms with E-state index in [4.69, 9.17) is 4.74 Å². The summed E-state index contributed by atoms with van der Waals surface area (Å²) in [6.45, 7) is 7.67. The Labute approximate surface area is 117 Å². The molecule has 0 amide bonds. The number of hydrogen-bond donors (Lipinski definition) is 1. The molecule has 1 N–H and O–H groups in total. The lowest BCUT2D eigenvalue weighted by Crippen LogP contribution is -2.30. The highest BCUT2D eigenvalue weighted by atomic mass is 16.5. The van der Waals surface area contributed by atoms with Crippen molar-refractivity contribution < 1.29 is 4.74 Å². The van der Waals surface area contributed by atoms with Crippen LogP contribution >= 0.6 is 0 Å². The van der Waals surface area contributed by atoms with E-state index in [1.54, 1.807) is 0 Å². The highest BCUT2D eigenvalue weighted by Gasteiger charge is 2.24. The second-order valence-corrected chi connectivity index (χ2v) is 5.99. The topological polar surface area (TPSA) is 21.3 Å². The average Bonchev–Trinajstić information content (AvgIpc) is 2.41. The molecule has 106 valence electrons. The van der Waals surface area contributed by atoms with Gasteiger partial charge in [-0.15, -0.1) is 0 Å². The van der Waals surface area contributed by atoms with Crippen molar-refractivity contribution in [3.8, 4) is 5.75 Å². The smallest absolute Gasteiger partial charge is 0.121 e. The molecule has 2 nitrogen and oxygen atoms in total. The van der Waals surface area contributed by atoms with Gasteiger partial charge in [-0.25, -0.2) is 0 Å². The number of anilines is 1. The van der Waals surface area contributed by atoms with E-state index >= 15 is 0 Å². The molecule has 2 heteroatoms. The first kappa shape index (κ1) is 14.2. The summed E-state index contributed by atoms with van der Waals surface area (Å²) in [5.41, 5.74) is 1.19. The molecular formula is C17H27NO. The summed E-state index contributed by atoms with van der Waals surface area (Å²) in [5.74, 6) is 2.67. The molecule has 19 heavy (non-hydrogen) atoms. The van der Waals surface area contributed by atoms with Gasteiger partial charge in [0.25, 0.3) is 0 Å². The van der Waals surface area contributed by atoms with Crippen molar-refractivity contribution in [3.63, 3.8) is 0 Å². The van der Waals surface area contributed by atoms with Crippen LogP contribution in [0.2, 0.25) is 0 Å². The third kappa shape index (κ3) is 4.15. The maximum atomic E-state index is 5.68. The zero-order chi connectivity index (χ0) is 13.7. The molecule has 1 aliphatic rings. The van der Waals surface area contributed by atoms with Gasteiger partial charge in [-0.3, -0.25) is 0 Å². The molecule has 2 rings (SSSR count). The fourth-order valence-corrected chi connectivity index (χ4v) is 2.81. The van der Waals surface area contributed by atoms with E-state index in [9.17, 15) is 0 Å². The molecule has 0 aliphatic heterocycles. The van der Waals surface area contributed by atoms with Crippen molar-refractivity contribution in [1.82, 2.24) is 0 Å². The summed E-state index contributed by atoms with van der Waals surface area (Å²) in [7, 11) is 0. The Morgan fingerprint density at radius 2 is 2.05 bits per heavy atom. The third-order valence-electron chi connectivity index (χ3n) is 4.28. The number of ether oxygens (including phenoxy) is 1. The van der Waals surface area contributed by atoms with Gasteiger partial charge in [-0.2, -0.15) is 0 Å². The van der Waals surface area contributed by atoms with Crippen LogP contribution < -0.4 is 10.1 Å². The zero-order valence-electron chi connectivity index (χ0n) is 12.5. The number of benzene rings is 1. The molecule has 0 spiro atoms. The largest absolute Gasteiger partial charge is 0.494 e. The predicted octanol–water partition coefficient (Wildman–Crippen LogP) is 4.71. The minimum atomic E-state index is 0.618. The van der Waals surface area contributed by atoms with Crippen LogP contribution in [0.5, 0.6) is 5.75 Å². The average molecular weight is 261 g/mol. The van der Waals surface area contributed by atoms with Gasteiger partial charge in [-0.05, 0) is 49.7 Å². The van der Waals surface area contributed by atoms with Crippen LogP contribution in [0.4, 0.5) is 5.69 Å². The highest BCUT2D eigenvalue weighted by molar-refractivity contribution is 5.48. The Morgan fingerprint density at radius 1 is 1.21 bits per heavy atom. The molecule has 1 aliphatic carbocycles. The van der Waals surface area contributed by atoms with Gasteiger partial charge in [0.05, 0.1) is 6.61 Å². The maximum absolute atomic E-state index is 5.68. The Balaban J connectivity index is 1.91. The van der Waals surface area contributed by atoms with Gasteiger partial charge in [0, 0.05) is 17.8 Å². The van der Waals surface area contributed by atoms with E-state index < -0.39 is 0 Å². The van der Waals surface area contributed by atoms with E-state index in [0.717, 1.165) is 30.6 Å². The Bertz CT molecular complexity index is 391. The molecule has 3 unspecified atom stereocenters. The van der Waals surface area contributed by atoms with Crippen molar-refractivity contribution in [2.45, 2.75) is 52.5 Å². The fraction of sp³-hybridized carbons (Fsp3) is 0.647. The Kier molecular flexibility index (Phi) is 5.12. The lowest BCUT2D eigenvalue weighted by molar-refractivity contribution is 0.261. The predicted molar refractivity (Wildman–Crippen MR) is 81.8 cm³/mol. The van der Waals surface area contributed by atoms with E-state index in [-0.39, 0.29) is 0 Å². The number of hydrogen-bond acceptors (Lipinski definition) is 2. The molecular weight excluding hydrogens is 234 g/mol. The maximum Gasteiger partial charge on any atom is 0.121 e. The summed E-state index contributed by atoms with van der Waals surface area (Å²) in [6, 6.07) is 8.99. The van der Waals surface area contributed by atoms with Gasteiger partial charge >= 0.3 is 0 Å². The van der Waals surface area contributed by atoms with Crippen LogP contribution in [0.25, 0.3) is 0 Å². The first-order valence-electron chi connectivity index (χ1n) is 7.68. The first-order valence-corrected chi connectivity index (χ1v) is 7.68. The summed E-state index contributed by atoms with van der Waals surface area (Å²) < 4.78 is 5.68. The Hall–Kier alpha value is -1.18. The van der Waals surface area contributed by atoms with Crippen LogP contribution in [0.1, 0.15) is 46.5 Å². The molecule has 3 atom stereocenters. The van der Waals surface area contributed by atoms with Crippen LogP contribution in [0, 0.1) is 11.8 Å². The van der Waals surface area contributed by atoms with Gasteiger partial charge in [0.1, 0.15) is 5.75 Å². The standard InChI is InChI=1S/C17H27NO/c1-4-10-19-17-7-5-6-15(12-17)18-16-9-8-13(2)14(3)11-16/h5-7,12-14,16,18H,4,8-11H2,1-3H3. The fourth-order valence-electron chi connectivity index (χ4n) is 2.81. The molecule has 1 aromatic rings. The van der Waals surface area contributed by atoms with Crippen molar-refractivity contribution in [2.24, 2.45) is 11.8 Å². The van der Waals surface area contributed by atoms with Crippen LogP contribution in [0.15, 0.2) is 24.3 Å². The monoisotopic (exact) mass is 261 g/mol. The van der Waals surface area contributed by atoms with Crippen molar-refractivity contribution in [1.29, 1.82) is 0 Å². The third-order valence-corrected chi connectivity index (χ3v) is 4.28. The summed E-state index contributed by atoms with van der Waals surface area (Å²) in [4.78, 5) is 0. The van der Waals surface area contributed by atoms with E-state index in [1.807, 2.05) is 6.07 Å². The second kappa shape index (κ2) is 6.83. The molecule has 1 saturated carbocycles. The highest BCUT2D eigenvalue weighted by Crippen LogP contribution is 2.31. The Morgan fingerprint density at radius 3 is 2.79 bits per heavy atom. The molecule has 1 fully saturated rings. The van der Waals surface area contributed by atoms with Gasteiger partial charge < -0.3 is 10.1 Å². The van der Waals surface area contributed by atoms with E-state index in [0.29, 0.717) is 6.04 Å². The quantitative estimate of drug-likeness (QED) is 0.828. The van der Waals surface area contributed by atoms with Crippen LogP contribution in [0.3, 0.4) is 0 Å². The number of rotatable bonds is 5. The van der Waals surface area contributed by atoms with Gasteiger partial charge in [0.15, 0.2) is 0 Å². The molecule has 0 aromatic heterocycles. The van der Waals surface area contributed by atoms with Crippen LogP contribution in [-0.4, -0.2) is 12.6 Å². The lowest BCUT2D eigenvalue weighted by atomic mass is 9.79.